The summed E-state index contributed by atoms with van der Waals surface area (Å²) in [6, 6.07) is 4.57. The Morgan fingerprint density at radius 3 is 2.44 bits per heavy atom. The predicted molar refractivity (Wildman–Crippen MR) is 65.7 cm³/mol. The first-order valence-electron chi connectivity index (χ1n) is 5.36. The van der Waals surface area contributed by atoms with E-state index in [1.165, 1.54) is 12.1 Å². The van der Waals surface area contributed by atoms with Crippen molar-refractivity contribution >= 4 is 5.69 Å². The fourth-order valence-corrected chi connectivity index (χ4v) is 1.45. The second-order valence-corrected chi connectivity index (χ2v) is 4.38. The van der Waals surface area contributed by atoms with Crippen molar-refractivity contribution in [1.29, 1.82) is 0 Å². The zero-order chi connectivity index (χ0) is 12.1. The van der Waals surface area contributed by atoms with E-state index < -0.39 is 0 Å². The molecule has 3 nitrogen and oxygen atoms in total. The van der Waals surface area contributed by atoms with E-state index in [1.54, 1.807) is 6.07 Å². The lowest BCUT2D eigenvalue weighted by Gasteiger charge is -2.20. The van der Waals surface area contributed by atoms with Crippen LogP contribution in [0.3, 0.4) is 0 Å². The first kappa shape index (κ1) is 12.9. The number of benzene rings is 1. The Hall–Kier alpha value is -1.13. The highest BCUT2D eigenvalue weighted by Gasteiger charge is 2.05. The number of nitrogens with two attached hydrogens (primary N) is 1. The van der Waals surface area contributed by atoms with Crippen molar-refractivity contribution < 1.29 is 4.39 Å². The van der Waals surface area contributed by atoms with E-state index in [0.29, 0.717) is 5.69 Å². The van der Waals surface area contributed by atoms with E-state index in [0.717, 1.165) is 25.2 Å². The van der Waals surface area contributed by atoms with Gasteiger partial charge in [0.25, 0.3) is 0 Å². The van der Waals surface area contributed by atoms with E-state index in [1.807, 2.05) is 21.1 Å². The lowest BCUT2D eigenvalue weighted by atomic mass is 10.1. The smallest absolute Gasteiger partial charge is 0.125 e. The van der Waals surface area contributed by atoms with Crippen LogP contribution in [-0.2, 0) is 6.54 Å². The molecule has 0 bridgehead atoms. The van der Waals surface area contributed by atoms with Crippen LogP contribution in [0, 0.1) is 5.82 Å². The van der Waals surface area contributed by atoms with Crippen LogP contribution in [0.2, 0.25) is 0 Å². The topological polar surface area (TPSA) is 32.5 Å². The number of nitrogen functional groups attached to an aromatic ring is 1. The summed E-state index contributed by atoms with van der Waals surface area (Å²) < 4.78 is 12.8. The molecular weight excluding hydrogens is 205 g/mol. The normalized spacial score (nSPS) is 11.4. The third kappa shape index (κ3) is 4.16. The quantitative estimate of drug-likeness (QED) is 0.769. The van der Waals surface area contributed by atoms with E-state index in [2.05, 4.69) is 9.80 Å². The molecule has 0 spiro atoms. The Balaban J connectivity index is 2.52. The Labute approximate surface area is 96.6 Å². The van der Waals surface area contributed by atoms with Crippen molar-refractivity contribution in [3.8, 4) is 0 Å². The van der Waals surface area contributed by atoms with Crippen molar-refractivity contribution in [2.24, 2.45) is 0 Å². The van der Waals surface area contributed by atoms with Crippen LogP contribution in [0.5, 0.6) is 0 Å². The zero-order valence-corrected chi connectivity index (χ0v) is 10.2. The molecule has 0 radical (unpaired) electrons. The summed E-state index contributed by atoms with van der Waals surface area (Å²) in [5.74, 6) is -0.280. The molecule has 2 N–H and O–H groups in total. The van der Waals surface area contributed by atoms with Gasteiger partial charge in [0.15, 0.2) is 0 Å². The van der Waals surface area contributed by atoms with E-state index >= 15 is 0 Å². The van der Waals surface area contributed by atoms with Gasteiger partial charge >= 0.3 is 0 Å². The summed E-state index contributed by atoms with van der Waals surface area (Å²) >= 11 is 0. The first-order valence-corrected chi connectivity index (χ1v) is 5.36. The van der Waals surface area contributed by atoms with Crippen LogP contribution in [-0.4, -0.2) is 44.0 Å². The van der Waals surface area contributed by atoms with Gasteiger partial charge in [-0.15, -0.1) is 0 Å². The minimum Gasteiger partial charge on any atom is -0.398 e. The first-order chi connectivity index (χ1) is 7.49. The molecule has 0 atom stereocenters. The fourth-order valence-electron chi connectivity index (χ4n) is 1.45. The van der Waals surface area contributed by atoms with Crippen LogP contribution >= 0.6 is 0 Å². The maximum atomic E-state index is 12.8. The molecule has 1 rings (SSSR count). The number of hydrogen-bond donors (Lipinski definition) is 1. The number of rotatable bonds is 5. The average molecular weight is 225 g/mol. The van der Waals surface area contributed by atoms with Crippen molar-refractivity contribution in [1.82, 2.24) is 9.80 Å². The number of likely N-dealkylation sites (N-methyl/N-ethyl adjacent to an activating group) is 2. The summed E-state index contributed by atoms with van der Waals surface area (Å²) in [5.41, 5.74) is 7.25. The van der Waals surface area contributed by atoms with Gasteiger partial charge < -0.3 is 15.5 Å². The zero-order valence-electron chi connectivity index (χ0n) is 10.2. The standard InChI is InChI=1S/C12H20FN3/c1-15(2)6-7-16(3)9-10-4-5-11(13)8-12(10)14/h4-5,8H,6-7,9,14H2,1-3H3. The van der Waals surface area contributed by atoms with Gasteiger partial charge in [-0.2, -0.15) is 0 Å². The maximum absolute atomic E-state index is 12.8. The molecule has 0 amide bonds. The molecule has 0 saturated carbocycles. The number of hydrogen-bond acceptors (Lipinski definition) is 3. The lowest BCUT2D eigenvalue weighted by Crippen LogP contribution is -2.28. The highest BCUT2D eigenvalue weighted by Crippen LogP contribution is 2.14. The average Bonchev–Trinajstić information content (AvgIpc) is 2.19. The third-order valence-electron chi connectivity index (χ3n) is 2.48. The number of anilines is 1. The third-order valence-corrected chi connectivity index (χ3v) is 2.48. The summed E-state index contributed by atoms with van der Waals surface area (Å²) in [7, 11) is 6.12. The van der Waals surface area contributed by atoms with E-state index in [4.69, 9.17) is 5.73 Å². The number of nitrogens with zero attached hydrogens (tertiary/aromatic N) is 2. The largest absolute Gasteiger partial charge is 0.398 e. The van der Waals surface area contributed by atoms with Crippen LogP contribution < -0.4 is 5.73 Å². The molecular formula is C12H20FN3. The highest BCUT2D eigenvalue weighted by molar-refractivity contribution is 5.46. The van der Waals surface area contributed by atoms with Gasteiger partial charge in [0.2, 0.25) is 0 Å². The van der Waals surface area contributed by atoms with E-state index in [-0.39, 0.29) is 5.82 Å². The summed E-state index contributed by atoms with van der Waals surface area (Å²) in [4.78, 5) is 4.30. The van der Waals surface area contributed by atoms with Gasteiger partial charge in [0, 0.05) is 25.3 Å². The molecule has 0 fully saturated rings. The minimum atomic E-state index is -0.280. The highest BCUT2D eigenvalue weighted by atomic mass is 19.1. The maximum Gasteiger partial charge on any atom is 0.125 e. The predicted octanol–water partition coefficient (Wildman–Crippen LogP) is 1.40. The Kier molecular flexibility index (Phi) is 4.71. The molecule has 0 aliphatic rings. The summed E-state index contributed by atoms with van der Waals surface area (Å²) in [6.07, 6.45) is 0. The summed E-state index contributed by atoms with van der Waals surface area (Å²) in [6.45, 7) is 2.71. The van der Waals surface area contributed by atoms with Crippen molar-refractivity contribution in [3.05, 3.63) is 29.6 Å². The molecule has 16 heavy (non-hydrogen) atoms. The van der Waals surface area contributed by atoms with Gasteiger partial charge in [-0.25, -0.2) is 4.39 Å². The molecule has 1 aromatic rings. The molecule has 1 aromatic carbocycles. The Morgan fingerprint density at radius 2 is 1.88 bits per heavy atom. The Bertz CT molecular complexity index is 339. The van der Waals surface area contributed by atoms with Crippen LogP contribution in [0.25, 0.3) is 0 Å². The van der Waals surface area contributed by atoms with Crippen LogP contribution in [0.4, 0.5) is 10.1 Å². The second-order valence-electron chi connectivity index (χ2n) is 4.38. The minimum absolute atomic E-state index is 0.280. The fraction of sp³-hybridized carbons (Fsp3) is 0.500. The molecule has 0 saturated heterocycles. The van der Waals surface area contributed by atoms with Crippen molar-refractivity contribution in [2.45, 2.75) is 6.54 Å². The van der Waals surface area contributed by atoms with Gasteiger partial charge in [0.1, 0.15) is 5.82 Å². The molecule has 0 aliphatic carbocycles. The van der Waals surface area contributed by atoms with Gasteiger partial charge in [0.05, 0.1) is 0 Å². The molecule has 0 aliphatic heterocycles. The second kappa shape index (κ2) is 5.82. The lowest BCUT2D eigenvalue weighted by molar-refractivity contribution is 0.276. The Morgan fingerprint density at radius 1 is 1.19 bits per heavy atom. The van der Waals surface area contributed by atoms with Gasteiger partial charge in [-0.05, 0) is 38.8 Å². The van der Waals surface area contributed by atoms with Crippen LogP contribution in [0.15, 0.2) is 18.2 Å². The molecule has 0 heterocycles. The number of halogens is 1. The molecule has 4 heteroatoms. The molecule has 0 unspecified atom stereocenters. The van der Waals surface area contributed by atoms with Gasteiger partial charge in [-0.3, -0.25) is 0 Å². The van der Waals surface area contributed by atoms with E-state index in [9.17, 15) is 4.39 Å². The van der Waals surface area contributed by atoms with Crippen molar-refractivity contribution in [3.63, 3.8) is 0 Å². The SMILES string of the molecule is CN(C)CCN(C)Cc1ccc(F)cc1N. The van der Waals surface area contributed by atoms with Crippen molar-refractivity contribution in [2.75, 3.05) is 40.0 Å². The van der Waals surface area contributed by atoms with Gasteiger partial charge in [-0.1, -0.05) is 6.07 Å². The summed E-state index contributed by atoms with van der Waals surface area (Å²) in [5, 5.41) is 0. The molecule has 90 valence electrons. The van der Waals surface area contributed by atoms with Crippen LogP contribution in [0.1, 0.15) is 5.56 Å². The monoisotopic (exact) mass is 225 g/mol. The molecule has 0 aromatic heterocycles.